The quantitative estimate of drug-likeness (QED) is 0.815. The Bertz CT molecular complexity index is 419. The number of methoxy groups -OCH3 is 2. The van der Waals surface area contributed by atoms with Crippen LogP contribution in [0.2, 0.25) is 0 Å². The molecule has 0 saturated heterocycles. The van der Waals surface area contributed by atoms with Gasteiger partial charge in [0.1, 0.15) is 11.4 Å². The first-order valence-electron chi connectivity index (χ1n) is 5.89. The summed E-state index contributed by atoms with van der Waals surface area (Å²) < 4.78 is 9.76. The number of ether oxygens (including phenoxy) is 2. The van der Waals surface area contributed by atoms with Crippen molar-refractivity contribution in [1.82, 2.24) is 4.98 Å². The topological polar surface area (TPSA) is 60.5 Å². The molecular weight excluding hydrogens is 232 g/mol. The zero-order valence-corrected chi connectivity index (χ0v) is 11.5. The zero-order valence-electron chi connectivity index (χ0n) is 11.5. The van der Waals surface area contributed by atoms with Crippen LogP contribution >= 0.6 is 0 Å². The van der Waals surface area contributed by atoms with E-state index in [4.69, 9.17) is 4.74 Å². The highest BCUT2D eigenvalue weighted by molar-refractivity contribution is 5.92. The van der Waals surface area contributed by atoms with Gasteiger partial charge < -0.3 is 14.8 Å². The Kier molecular flexibility index (Phi) is 4.95. The molecule has 0 amide bonds. The Hall–Kier alpha value is -1.78. The molecule has 0 aliphatic carbocycles. The van der Waals surface area contributed by atoms with Crippen LogP contribution in [-0.4, -0.2) is 31.2 Å². The minimum atomic E-state index is -0.456. The van der Waals surface area contributed by atoms with Crippen molar-refractivity contribution >= 4 is 11.8 Å². The van der Waals surface area contributed by atoms with Gasteiger partial charge in [0.15, 0.2) is 0 Å². The fourth-order valence-electron chi connectivity index (χ4n) is 1.34. The molecular formula is C13H20N2O3. The van der Waals surface area contributed by atoms with E-state index in [1.807, 2.05) is 0 Å². The van der Waals surface area contributed by atoms with Crippen LogP contribution in [0.25, 0.3) is 0 Å². The zero-order chi connectivity index (χ0) is 13.7. The van der Waals surface area contributed by atoms with Gasteiger partial charge in [-0.3, -0.25) is 0 Å². The molecule has 18 heavy (non-hydrogen) atoms. The molecule has 1 aromatic rings. The molecule has 1 rings (SSSR count). The number of carbonyl (C=O) groups excluding carboxylic acids is 1. The van der Waals surface area contributed by atoms with Gasteiger partial charge in [-0.1, -0.05) is 13.8 Å². The number of hydrogen-bond donors (Lipinski definition) is 1. The normalized spacial score (nSPS) is 12.1. The van der Waals surface area contributed by atoms with Crippen molar-refractivity contribution in [1.29, 1.82) is 0 Å². The third kappa shape index (κ3) is 3.35. The number of carbonyl (C=O) groups is 1. The summed E-state index contributed by atoms with van der Waals surface area (Å²) >= 11 is 0. The number of rotatable bonds is 5. The first kappa shape index (κ1) is 14.3. The second-order valence-corrected chi connectivity index (χ2v) is 4.42. The fraction of sp³-hybridized carbons (Fsp3) is 0.538. The molecule has 0 aliphatic rings. The van der Waals surface area contributed by atoms with Crippen LogP contribution in [0, 0.1) is 5.92 Å². The third-order valence-corrected chi connectivity index (χ3v) is 2.83. The Labute approximate surface area is 108 Å². The molecule has 1 atom stereocenters. The summed E-state index contributed by atoms with van der Waals surface area (Å²) in [7, 11) is 2.80. The van der Waals surface area contributed by atoms with E-state index >= 15 is 0 Å². The summed E-state index contributed by atoms with van der Waals surface area (Å²) in [4.78, 5) is 15.7. The molecule has 1 heterocycles. The lowest BCUT2D eigenvalue weighted by atomic mass is 10.1. The standard InChI is InChI=1S/C13H20N2O3/c1-8(2)9(3)14-11-7-6-10(13(16)18-5)12(15-11)17-4/h6-9H,1-5H3,(H,14,15). The molecule has 0 bridgehead atoms. The van der Waals surface area contributed by atoms with Gasteiger partial charge in [0.05, 0.1) is 14.2 Å². The summed E-state index contributed by atoms with van der Waals surface area (Å²) in [5.74, 6) is 0.976. The van der Waals surface area contributed by atoms with E-state index in [0.29, 0.717) is 17.3 Å². The van der Waals surface area contributed by atoms with Crippen LogP contribution < -0.4 is 10.1 Å². The van der Waals surface area contributed by atoms with Gasteiger partial charge >= 0.3 is 5.97 Å². The molecule has 0 fully saturated rings. The van der Waals surface area contributed by atoms with Crippen LogP contribution in [0.5, 0.6) is 5.88 Å². The van der Waals surface area contributed by atoms with Crippen molar-refractivity contribution in [3.8, 4) is 5.88 Å². The van der Waals surface area contributed by atoms with Gasteiger partial charge in [-0.2, -0.15) is 4.98 Å². The van der Waals surface area contributed by atoms with Crippen molar-refractivity contribution in [2.75, 3.05) is 19.5 Å². The van der Waals surface area contributed by atoms with Crippen LogP contribution in [0.15, 0.2) is 12.1 Å². The lowest BCUT2D eigenvalue weighted by Gasteiger charge is -2.18. The van der Waals surface area contributed by atoms with Crippen LogP contribution in [0.4, 0.5) is 5.82 Å². The summed E-state index contributed by atoms with van der Waals surface area (Å²) in [6.45, 7) is 6.32. The molecule has 100 valence electrons. The highest BCUT2D eigenvalue weighted by atomic mass is 16.5. The third-order valence-electron chi connectivity index (χ3n) is 2.83. The van der Waals surface area contributed by atoms with E-state index in [1.165, 1.54) is 14.2 Å². The van der Waals surface area contributed by atoms with Crippen molar-refractivity contribution in [3.63, 3.8) is 0 Å². The fourth-order valence-corrected chi connectivity index (χ4v) is 1.34. The Morgan fingerprint density at radius 3 is 2.44 bits per heavy atom. The van der Waals surface area contributed by atoms with E-state index in [0.717, 1.165) is 0 Å². The maximum absolute atomic E-state index is 11.5. The summed E-state index contributed by atoms with van der Waals surface area (Å²) in [6.07, 6.45) is 0. The number of esters is 1. The maximum Gasteiger partial charge on any atom is 0.343 e. The van der Waals surface area contributed by atoms with E-state index in [9.17, 15) is 4.79 Å². The maximum atomic E-state index is 11.5. The number of nitrogens with zero attached hydrogens (tertiary/aromatic N) is 1. The van der Waals surface area contributed by atoms with Gasteiger partial charge in [-0.25, -0.2) is 4.79 Å². The second kappa shape index (κ2) is 6.23. The molecule has 5 nitrogen and oxygen atoms in total. The lowest BCUT2D eigenvalue weighted by Crippen LogP contribution is -2.22. The van der Waals surface area contributed by atoms with Crippen molar-refractivity contribution in [2.24, 2.45) is 5.92 Å². The van der Waals surface area contributed by atoms with Gasteiger partial charge in [-0.15, -0.1) is 0 Å². The molecule has 0 spiro atoms. The highest BCUT2D eigenvalue weighted by Crippen LogP contribution is 2.20. The molecule has 0 saturated carbocycles. The second-order valence-electron chi connectivity index (χ2n) is 4.42. The molecule has 0 radical (unpaired) electrons. The smallest absolute Gasteiger partial charge is 0.343 e. The number of nitrogens with one attached hydrogen (secondary N) is 1. The Balaban J connectivity index is 2.95. The number of pyridine rings is 1. The number of anilines is 1. The van der Waals surface area contributed by atoms with Crippen LogP contribution in [0.1, 0.15) is 31.1 Å². The number of aromatic nitrogens is 1. The molecule has 1 N–H and O–H groups in total. The Morgan fingerprint density at radius 2 is 1.94 bits per heavy atom. The summed E-state index contributed by atoms with van der Waals surface area (Å²) in [5.41, 5.74) is 0.322. The minimum Gasteiger partial charge on any atom is -0.480 e. The molecule has 5 heteroatoms. The van der Waals surface area contributed by atoms with E-state index in [1.54, 1.807) is 12.1 Å². The van der Waals surface area contributed by atoms with Crippen molar-refractivity contribution < 1.29 is 14.3 Å². The molecule has 1 unspecified atom stereocenters. The summed E-state index contributed by atoms with van der Waals surface area (Å²) in [6, 6.07) is 3.67. The summed E-state index contributed by atoms with van der Waals surface area (Å²) in [5, 5.41) is 3.26. The van der Waals surface area contributed by atoms with Gasteiger partial charge in [-0.05, 0) is 25.0 Å². The monoisotopic (exact) mass is 252 g/mol. The molecule has 0 aliphatic heterocycles. The minimum absolute atomic E-state index is 0.266. The first-order valence-corrected chi connectivity index (χ1v) is 5.89. The average molecular weight is 252 g/mol. The Morgan fingerprint density at radius 1 is 1.28 bits per heavy atom. The van der Waals surface area contributed by atoms with Crippen LogP contribution in [-0.2, 0) is 4.74 Å². The molecule has 0 aromatic carbocycles. The van der Waals surface area contributed by atoms with Gasteiger partial charge in [0, 0.05) is 6.04 Å². The lowest BCUT2D eigenvalue weighted by molar-refractivity contribution is 0.0596. The van der Waals surface area contributed by atoms with Gasteiger partial charge in [0.25, 0.3) is 0 Å². The van der Waals surface area contributed by atoms with E-state index in [2.05, 4.69) is 35.8 Å². The first-order chi connectivity index (χ1) is 8.49. The predicted molar refractivity (Wildman–Crippen MR) is 70.1 cm³/mol. The largest absolute Gasteiger partial charge is 0.480 e. The highest BCUT2D eigenvalue weighted by Gasteiger charge is 2.15. The predicted octanol–water partition coefficient (Wildman–Crippen LogP) is 2.33. The van der Waals surface area contributed by atoms with Crippen molar-refractivity contribution in [3.05, 3.63) is 17.7 Å². The van der Waals surface area contributed by atoms with E-state index < -0.39 is 5.97 Å². The number of hydrogen-bond acceptors (Lipinski definition) is 5. The average Bonchev–Trinajstić information content (AvgIpc) is 2.37. The van der Waals surface area contributed by atoms with Gasteiger partial charge in [0.2, 0.25) is 5.88 Å². The van der Waals surface area contributed by atoms with E-state index in [-0.39, 0.29) is 11.9 Å². The SMILES string of the molecule is COC(=O)c1ccc(NC(C)C(C)C)nc1OC. The molecule has 1 aromatic heterocycles. The van der Waals surface area contributed by atoms with Crippen molar-refractivity contribution in [2.45, 2.75) is 26.8 Å². The van der Waals surface area contributed by atoms with Crippen LogP contribution in [0.3, 0.4) is 0 Å².